The van der Waals surface area contributed by atoms with Crippen molar-refractivity contribution in [3.05, 3.63) is 34.3 Å². The third-order valence-electron chi connectivity index (χ3n) is 3.09. The van der Waals surface area contributed by atoms with Crippen LogP contribution >= 0.6 is 15.9 Å². The van der Waals surface area contributed by atoms with E-state index in [9.17, 15) is 0 Å². The molecule has 0 spiro atoms. The molecule has 0 aliphatic heterocycles. The summed E-state index contributed by atoms with van der Waals surface area (Å²) in [6, 6.07) is 8.67. The van der Waals surface area contributed by atoms with Gasteiger partial charge in [0, 0.05) is 10.5 Å². The van der Waals surface area contributed by atoms with Crippen LogP contribution in [0.2, 0.25) is 0 Å². The van der Waals surface area contributed by atoms with Gasteiger partial charge in [-0.3, -0.25) is 0 Å². The van der Waals surface area contributed by atoms with Crippen LogP contribution in [-0.4, -0.2) is 12.1 Å². The van der Waals surface area contributed by atoms with E-state index in [1.54, 1.807) is 0 Å². The number of hydrogen-bond acceptors (Lipinski definition) is 2. The summed E-state index contributed by atoms with van der Waals surface area (Å²) in [4.78, 5) is 0. The van der Waals surface area contributed by atoms with Crippen LogP contribution in [0.5, 0.6) is 0 Å². The highest BCUT2D eigenvalue weighted by Gasteiger charge is 2.18. The van der Waals surface area contributed by atoms with E-state index in [1.807, 2.05) is 12.1 Å². The second-order valence-electron chi connectivity index (χ2n) is 4.48. The van der Waals surface area contributed by atoms with Crippen LogP contribution in [0.15, 0.2) is 28.7 Å². The molecule has 0 bridgehead atoms. The Morgan fingerprint density at radius 2 is 2.00 bits per heavy atom. The van der Waals surface area contributed by atoms with E-state index in [2.05, 4.69) is 28.1 Å². The Morgan fingerprint density at radius 3 is 2.69 bits per heavy atom. The third-order valence-corrected chi connectivity index (χ3v) is 3.59. The van der Waals surface area contributed by atoms with Gasteiger partial charge in [0.1, 0.15) is 0 Å². The highest BCUT2D eigenvalue weighted by molar-refractivity contribution is 9.10. The van der Waals surface area contributed by atoms with Crippen LogP contribution in [0.25, 0.3) is 0 Å². The topological polar surface area (TPSA) is 35.2 Å². The third kappa shape index (κ3) is 3.58. The van der Waals surface area contributed by atoms with E-state index in [-0.39, 0.29) is 0 Å². The Balaban J connectivity index is 1.79. The first-order chi connectivity index (χ1) is 7.74. The molecule has 1 saturated carbocycles. The van der Waals surface area contributed by atoms with Gasteiger partial charge in [-0.15, -0.1) is 0 Å². The van der Waals surface area contributed by atoms with Gasteiger partial charge in [-0.05, 0) is 43.4 Å². The summed E-state index contributed by atoms with van der Waals surface area (Å²) >= 11 is 3.46. The summed E-state index contributed by atoms with van der Waals surface area (Å²) in [6.45, 7) is 0.708. The lowest BCUT2D eigenvalue weighted by Gasteiger charge is -2.26. The number of nitrogens with two attached hydrogens (primary N) is 1. The van der Waals surface area contributed by atoms with Crippen LogP contribution < -0.4 is 5.73 Å². The molecule has 0 atom stereocenters. The van der Waals surface area contributed by atoms with Crippen molar-refractivity contribution >= 4 is 15.9 Å². The maximum atomic E-state index is 5.90. The van der Waals surface area contributed by atoms with Crippen molar-refractivity contribution in [3.8, 4) is 0 Å². The number of hydrogen-bond donors (Lipinski definition) is 1. The minimum absolute atomic E-state index is 0.394. The molecule has 2 N–H and O–H groups in total. The Bertz CT molecular complexity index is 334. The lowest BCUT2D eigenvalue weighted by atomic mass is 9.94. The quantitative estimate of drug-likeness (QED) is 0.924. The Morgan fingerprint density at radius 1 is 1.25 bits per heavy atom. The van der Waals surface area contributed by atoms with Gasteiger partial charge >= 0.3 is 0 Å². The van der Waals surface area contributed by atoms with Gasteiger partial charge in [0.2, 0.25) is 0 Å². The van der Waals surface area contributed by atoms with Gasteiger partial charge in [0.15, 0.2) is 0 Å². The van der Waals surface area contributed by atoms with Gasteiger partial charge in [-0.1, -0.05) is 28.1 Å². The van der Waals surface area contributed by atoms with Crippen LogP contribution in [-0.2, 0) is 11.3 Å². The fourth-order valence-corrected chi connectivity index (χ4v) is 2.54. The smallest absolute Gasteiger partial charge is 0.0721 e. The fourth-order valence-electron chi connectivity index (χ4n) is 2.10. The Hall–Kier alpha value is -0.380. The van der Waals surface area contributed by atoms with Crippen molar-refractivity contribution in [2.24, 2.45) is 5.73 Å². The number of benzene rings is 1. The summed E-state index contributed by atoms with van der Waals surface area (Å²) in [6.07, 6.45) is 4.81. The maximum Gasteiger partial charge on any atom is 0.0721 e. The largest absolute Gasteiger partial charge is 0.374 e. The molecular formula is C13H18BrNO. The van der Waals surface area contributed by atoms with Crippen LogP contribution in [0, 0.1) is 0 Å². The summed E-state index contributed by atoms with van der Waals surface area (Å²) in [5.41, 5.74) is 7.09. The van der Waals surface area contributed by atoms with Gasteiger partial charge in [-0.2, -0.15) is 0 Å². The lowest BCUT2D eigenvalue weighted by molar-refractivity contribution is 0.0138. The molecule has 0 heterocycles. The molecule has 2 rings (SSSR count). The van der Waals surface area contributed by atoms with Gasteiger partial charge in [0.25, 0.3) is 0 Å². The van der Waals surface area contributed by atoms with E-state index >= 15 is 0 Å². The summed E-state index contributed by atoms with van der Waals surface area (Å²) in [5, 5.41) is 0. The first-order valence-electron chi connectivity index (χ1n) is 5.85. The molecule has 0 aromatic heterocycles. The molecule has 88 valence electrons. The highest BCUT2D eigenvalue weighted by Crippen LogP contribution is 2.21. The van der Waals surface area contributed by atoms with E-state index in [0.717, 1.165) is 30.2 Å². The maximum absolute atomic E-state index is 5.90. The lowest BCUT2D eigenvalue weighted by Crippen LogP contribution is -2.30. The molecule has 1 aromatic carbocycles. The van der Waals surface area contributed by atoms with Crippen molar-refractivity contribution in [2.45, 2.75) is 44.4 Å². The first kappa shape index (κ1) is 12.1. The predicted molar refractivity (Wildman–Crippen MR) is 69.2 cm³/mol. The molecular weight excluding hydrogens is 266 g/mol. The predicted octanol–water partition coefficient (Wildman–Crippen LogP) is 3.24. The van der Waals surface area contributed by atoms with Crippen molar-refractivity contribution in [1.29, 1.82) is 0 Å². The van der Waals surface area contributed by atoms with Crippen molar-refractivity contribution < 1.29 is 4.74 Å². The molecule has 3 heteroatoms. The Labute approximate surface area is 105 Å². The normalized spacial score (nSPS) is 25.6. The standard InChI is InChI=1S/C13H18BrNO/c14-11-3-1-2-10(8-11)9-16-13-6-4-12(15)5-7-13/h1-3,8,12-13H,4-7,9,15H2. The van der Waals surface area contributed by atoms with Gasteiger partial charge in [-0.25, -0.2) is 0 Å². The Kier molecular flexibility index (Phi) is 4.38. The molecule has 2 nitrogen and oxygen atoms in total. The average Bonchev–Trinajstić information content (AvgIpc) is 2.28. The molecule has 1 fully saturated rings. The summed E-state index contributed by atoms with van der Waals surface area (Å²) < 4.78 is 7.01. The molecule has 16 heavy (non-hydrogen) atoms. The first-order valence-corrected chi connectivity index (χ1v) is 6.65. The minimum atomic E-state index is 0.394. The van der Waals surface area contributed by atoms with Gasteiger partial charge in [0.05, 0.1) is 12.7 Å². The summed E-state index contributed by atoms with van der Waals surface area (Å²) in [7, 11) is 0. The van der Waals surface area contributed by atoms with Crippen molar-refractivity contribution in [3.63, 3.8) is 0 Å². The zero-order chi connectivity index (χ0) is 11.4. The van der Waals surface area contributed by atoms with Crippen molar-refractivity contribution in [1.82, 2.24) is 0 Å². The summed E-state index contributed by atoms with van der Waals surface area (Å²) in [5.74, 6) is 0. The molecule has 0 unspecified atom stereocenters. The molecule has 1 aromatic rings. The molecule has 1 aliphatic carbocycles. The second kappa shape index (κ2) is 5.80. The fraction of sp³-hybridized carbons (Fsp3) is 0.538. The minimum Gasteiger partial charge on any atom is -0.374 e. The monoisotopic (exact) mass is 283 g/mol. The second-order valence-corrected chi connectivity index (χ2v) is 5.39. The van der Waals surface area contributed by atoms with Crippen LogP contribution in [0.1, 0.15) is 31.2 Å². The molecule has 0 saturated heterocycles. The van der Waals surface area contributed by atoms with E-state index in [4.69, 9.17) is 10.5 Å². The van der Waals surface area contributed by atoms with Gasteiger partial charge < -0.3 is 10.5 Å². The zero-order valence-corrected chi connectivity index (χ0v) is 10.9. The average molecular weight is 284 g/mol. The number of rotatable bonds is 3. The van der Waals surface area contributed by atoms with Crippen LogP contribution in [0.3, 0.4) is 0 Å². The molecule has 0 radical (unpaired) electrons. The SMILES string of the molecule is NC1CCC(OCc2cccc(Br)c2)CC1. The van der Waals surface area contributed by atoms with Crippen molar-refractivity contribution in [2.75, 3.05) is 0 Å². The number of halogens is 1. The molecule has 0 amide bonds. The molecule has 1 aliphatic rings. The highest BCUT2D eigenvalue weighted by atomic mass is 79.9. The van der Waals surface area contributed by atoms with E-state index in [0.29, 0.717) is 18.8 Å². The number of ether oxygens (including phenoxy) is 1. The van der Waals surface area contributed by atoms with Crippen LogP contribution in [0.4, 0.5) is 0 Å². The van der Waals surface area contributed by atoms with E-state index in [1.165, 1.54) is 5.56 Å². The van der Waals surface area contributed by atoms with E-state index < -0.39 is 0 Å². The zero-order valence-electron chi connectivity index (χ0n) is 9.36.